The lowest BCUT2D eigenvalue weighted by atomic mass is 9.97. The van der Waals surface area contributed by atoms with Crippen LogP contribution in [0.2, 0.25) is 0 Å². The molecule has 0 amide bonds. The highest BCUT2D eigenvalue weighted by Gasteiger charge is 2.07. The topological polar surface area (TPSA) is 12.9 Å². The van der Waals surface area contributed by atoms with Crippen LogP contribution in [0.3, 0.4) is 0 Å². The minimum Gasteiger partial charge on any atom is -0.256 e. The summed E-state index contributed by atoms with van der Waals surface area (Å²) in [5.41, 5.74) is 1.01. The van der Waals surface area contributed by atoms with Gasteiger partial charge in [-0.05, 0) is 22.2 Å². The van der Waals surface area contributed by atoms with Gasteiger partial charge in [0, 0.05) is 17.0 Å². The van der Waals surface area contributed by atoms with E-state index in [-0.39, 0.29) is 0 Å². The second-order valence-corrected chi connectivity index (χ2v) is 4.42. The third-order valence-electron chi connectivity index (χ3n) is 3.43. The smallest absolute Gasteiger partial charge is 0.0786 e. The molecule has 0 fully saturated rings. The Morgan fingerprint density at radius 2 is 1.28 bits per heavy atom. The normalized spacial score (nSPS) is 12.1. The Morgan fingerprint density at radius 3 is 2.17 bits per heavy atom. The number of pyridine rings is 1. The molecule has 0 atom stereocenters. The lowest BCUT2D eigenvalue weighted by molar-refractivity contribution is 1.43. The molecule has 18 heavy (non-hydrogen) atoms. The van der Waals surface area contributed by atoms with Gasteiger partial charge in [-0.1, -0.05) is 54.6 Å². The van der Waals surface area contributed by atoms with Crippen molar-refractivity contribution in [2.24, 2.45) is 0 Å². The van der Waals surface area contributed by atoms with Crippen LogP contribution in [0.25, 0.3) is 32.4 Å². The minimum atomic E-state index is 0.535. The Hall–Kier alpha value is -2.41. The Bertz CT molecular complexity index is 893. The molecule has 0 spiro atoms. The van der Waals surface area contributed by atoms with E-state index in [1.165, 1.54) is 16.2 Å². The number of benzene rings is 3. The van der Waals surface area contributed by atoms with Crippen molar-refractivity contribution in [1.29, 1.82) is 0 Å². The molecule has 1 nitrogen and oxygen atoms in total. The van der Waals surface area contributed by atoms with E-state index in [9.17, 15) is 0 Å². The van der Waals surface area contributed by atoms with Crippen molar-refractivity contribution >= 4 is 32.4 Å². The number of fused-ring (bicyclic) bond motifs is 6. The zero-order chi connectivity index (χ0) is 12.8. The first-order chi connectivity index (χ1) is 9.34. The number of aromatic nitrogens is 1. The molecule has 0 saturated heterocycles. The molecular weight excluding hydrogens is 218 g/mol. The summed E-state index contributed by atoms with van der Waals surface area (Å²) in [6.07, 6.45) is 1.82. The SMILES string of the molecule is [2H]c1ccc2c3ccccc3c3ncccc3c2c1. The molecule has 4 aromatic rings. The molecule has 1 heteroatoms. The van der Waals surface area contributed by atoms with E-state index in [2.05, 4.69) is 23.2 Å². The third-order valence-corrected chi connectivity index (χ3v) is 3.43. The van der Waals surface area contributed by atoms with Crippen LogP contribution in [0.15, 0.2) is 66.8 Å². The van der Waals surface area contributed by atoms with Gasteiger partial charge in [0.25, 0.3) is 0 Å². The highest BCUT2D eigenvalue weighted by atomic mass is 14.6. The van der Waals surface area contributed by atoms with Crippen LogP contribution in [-0.4, -0.2) is 4.98 Å². The standard InChI is InChI=1S/C17H11N/c1-2-7-14-12(6-1)13-8-3-4-9-15(13)17-16(14)10-5-11-18-17/h1-11H/i2D. The first-order valence-electron chi connectivity index (χ1n) is 6.50. The molecule has 0 saturated carbocycles. The second kappa shape index (κ2) is 3.54. The van der Waals surface area contributed by atoms with Gasteiger partial charge in [-0.25, -0.2) is 0 Å². The Labute approximate surface area is 106 Å². The van der Waals surface area contributed by atoms with Crippen LogP contribution in [0.4, 0.5) is 0 Å². The maximum atomic E-state index is 7.84. The summed E-state index contributed by atoms with van der Waals surface area (Å²) < 4.78 is 7.84. The fraction of sp³-hybridized carbons (Fsp3) is 0. The fourth-order valence-corrected chi connectivity index (χ4v) is 2.65. The third kappa shape index (κ3) is 1.19. The van der Waals surface area contributed by atoms with Gasteiger partial charge in [0.1, 0.15) is 0 Å². The highest BCUT2D eigenvalue weighted by Crippen LogP contribution is 2.33. The number of rotatable bonds is 0. The number of hydrogen-bond donors (Lipinski definition) is 0. The molecule has 1 heterocycles. The van der Waals surface area contributed by atoms with E-state index in [1.807, 2.05) is 42.6 Å². The second-order valence-electron chi connectivity index (χ2n) is 4.42. The average molecular weight is 230 g/mol. The largest absolute Gasteiger partial charge is 0.256 e. The van der Waals surface area contributed by atoms with Gasteiger partial charge in [-0.15, -0.1) is 0 Å². The molecule has 0 unspecified atom stereocenters. The van der Waals surface area contributed by atoms with Gasteiger partial charge in [0.05, 0.1) is 6.89 Å². The molecule has 0 aliphatic rings. The van der Waals surface area contributed by atoms with Crippen molar-refractivity contribution in [3.8, 4) is 0 Å². The summed E-state index contributed by atoms with van der Waals surface area (Å²) >= 11 is 0. The van der Waals surface area contributed by atoms with Gasteiger partial charge in [-0.3, -0.25) is 4.98 Å². The van der Waals surface area contributed by atoms with Crippen LogP contribution in [-0.2, 0) is 0 Å². The van der Waals surface area contributed by atoms with E-state index in [0.717, 1.165) is 16.3 Å². The molecule has 4 rings (SSSR count). The minimum absolute atomic E-state index is 0.535. The Balaban J connectivity index is 2.43. The Kier molecular flexibility index (Phi) is 1.70. The predicted molar refractivity (Wildman–Crippen MR) is 76.8 cm³/mol. The van der Waals surface area contributed by atoms with E-state index >= 15 is 0 Å². The lowest BCUT2D eigenvalue weighted by Crippen LogP contribution is -1.84. The zero-order valence-corrected chi connectivity index (χ0v) is 9.72. The molecular formula is C17H11N. The van der Waals surface area contributed by atoms with Gasteiger partial charge >= 0.3 is 0 Å². The summed E-state index contributed by atoms with van der Waals surface area (Å²) in [5, 5.41) is 5.78. The highest BCUT2D eigenvalue weighted by molar-refractivity contribution is 6.23. The maximum Gasteiger partial charge on any atom is 0.0786 e. The quantitative estimate of drug-likeness (QED) is 0.404. The number of nitrogens with zero attached hydrogens (tertiary/aromatic N) is 1. The molecule has 0 radical (unpaired) electrons. The van der Waals surface area contributed by atoms with Crippen LogP contribution in [0.1, 0.15) is 1.37 Å². The van der Waals surface area contributed by atoms with Crippen molar-refractivity contribution in [1.82, 2.24) is 4.98 Å². The zero-order valence-electron chi connectivity index (χ0n) is 10.7. The molecule has 0 aliphatic carbocycles. The summed E-state index contributed by atoms with van der Waals surface area (Å²) in [7, 11) is 0. The summed E-state index contributed by atoms with van der Waals surface area (Å²) in [6.45, 7) is 0. The molecule has 0 aliphatic heterocycles. The van der Waals surface area contributed by atoms with E-state index in [4.69, 9.17) is 1.37 Å². The average Bonchev–Trinajstić information content (AvgIpc) is 2.47. The van der Waals surface area contributed by atoms with Crippen molar-refractivity contribution in [3.05, 3.63) is 66.8 Å². The van der Waals surface area contributed by atoms with E-state index in [0.29, 0.717) is 6.04 Å². The van der Waals surface area contributed by atoms with E-state index in [1.54, 1.807) is 0 Å². The first-order valence-corrected chi connectivity index (χ1v) is 6.00. The van der Waals surface area contributed by atoms with Crippen molar-refractivity contribution < 1.29 is 1.37 Å². The fourth-order valence-electron chi connectivity index (χ4n) is 2.65. The van der Waals surface area contributed by atoms with Crippen molar-refractivity contribution in [2.75, 3.05) is 0 Å². The van der Waals surface area contributed by atoms with Gasteiger partial charge < -0.3 is 0 Å². The monoisotopic (exact) mass is 230 g/mol. The summed E-state index contributed by atoms with van der Waals surface area (Å²) in [6, 6.07) is 18.7. The molecule has 1 aromatic heterocycles. The maximum absolute atomic E-state index is 7.84. The molecule has 0 N–H and O–H groups in total. The van der Waals surface area contributed by atoms with Crippen molar-refractivity contribution in [3.63, 3.8) is 0 Å². The summed E-state index contributed by atoms with van der Waals surface area (Å²) in [5.74, 6) is 0. The summed E-state index contributed by atoms with van der Waals surface area (Å²) in [4.78, 5) is 4.53. The lowest BCUT2D eigenvalue weighted by Gasteiger charge is -2.08. The van der Waals surface area contributed by atoms with Crippen LogP contribution in [0, 0.1) is 0 Å². The van der Waals surface area contributed by atoms with Gasteiger partial charge in [0.15, 0.2) is 0 Å². The first kappa shape index (κ1) is 8.65. The molecule has 0 bridgehead atoms. The molecule has 84 valence electrons. The van der Waals surface area contributed by atoms with Crippen LogP contribution < -0.4 is 0 Å². The van der Waals surface area contributed by atoms with E-state index < -0.39 is 0 Å². The van der Waals surface area contributed by atoms with Gasteiger partial charge in [0.2, 0.25) is 0 Å². The number of hydrogen-bond acceptors (Lipinski definition) is 1. The van der Waals surface area contributed by atoms with Crippen LogP contribution in [0.5, 0.6) is 0 Å². The molecule has 3 aromatic carbocycles. The Morgan fingerprint density at radius 1 is 0.667 bits per heavy atom. The van der Waals surface area contributed by atoms with Crippen LogP contribution >= 0.6 is 0 Å². The predicted octanol–water partition coefficient (Wildman–Crippen LogP) is 4.54. The van der Waals surface area contributed by atoms with Crippen molar-refractivity contribution in [2.45, 2.75) is 0 Å². The van der Waals surface area contributed by atoms with Gasteiger partial charge in [-0.2, -0.15) is 0 Å².